The topological polar surface area (TPSA) is 71.4 Å². The fourth-order valence-electron chi connectivity index (χ4n) is 1.96. The summed E-state index contributed by atoms with van der Waals surface area (Å²) in [5.74, 6) is -0.419. The third-order valence-corrected chi connectivity index (χ3v) is 3.06. The number of nitrogens with zero attached hydrogens (tertiary/aromatic N) is 2. The number of hydrogen-bond donors (Lipinski definition) is 1. The van der Waals surface area contributed by atoms with Crippen molar-refractivity contribution in [3.8, 4) is 5.75 Å². The number of benzene rings is 1. The molecular weight excluding hydrogens is 260 g/mol. The first kappa shape index (κ1) is 14.3. The molecule has 108 valence electrons. The third-order valence-electron chi connectivity index (χ3n) is 3.06. The van der Waals surface area contributed by atoms with Crippen LogP contribution in [0.2, 0.25) is 0 Å². The Morgan fingerprint density at radius 2 is 2.10 bits per heavy atom. The highest BCUT2D eigenvalue weighted by Crippen LogP contribution is 2.20. The second-order valence-corrected chi connectivity index (χ2v) is 4.40. The Kier molecular flexibility index (Phi) is 4.57. The smallest absolute Gasteiger partial charge is 0.319 e. The monoisotopic (exact) mass is 278 g/mol. The molecule has 1 heterocycles. The predicted octanol–water partition coefficient (Wildman–Crippen LogP) is 0.994. The lowest BCUT2D eigenvalue weighted by Crippen LogP contribution is -2.36. The van der Waals surface area contributed by atoms with Gasteiger partial charge in [-0.3, -0.25) is 9.80 Å². The van der Waals surface area contributed by atoms with Gasteiger partial charge in [-0.15, -0.1) is 0 Å². The van der Waals surface area contributed by atoms with Gasteiger partial charge in [-0.2, -0.15) is 5.10 Å². The summed E-state index contributed by atoms with van der Waals surface area (Å²) in [5.41, 5.74) is 0.964. The molecule has 6 nitrogen and oxygen atoms in total. The number of carbonyl (C=O) groups is 1. The Morgan fingerprint density at radius 3 is 2.70 bits per heavy atom. The van der Waals surface area contributed by atoms with E-state index < -0.39 is 18.1 Å². The molecule has 1 N–H and O–H groups in total. The molecule has 0 aliphatic carbocycles. The summed E-state index contributed by atoms with van der Waals surface area (Å²) in [7, 11) is 1.60. The fraction of sp³-hybridized carbons (Fsp3) is 0.429. The van der Waals surface area contributed by atoms with E-state index in [0.29, 0.717) is 6.54 Å². The van der Waals surface area contributed by atoms with E-state index in [1.165, 1.54) is 11.2 Å². The zero-order valence-electron chi connectivity index (χ0n) is 11.5. The Hall–Kier alpha value is -2.08. The van der Waals surface area contributed by atoms with E-state index >= 15 is 0 Å². The maximum atomic E-state index is 11.6. The predicted molar refractivity (Wildman–Crippen MR) is 73.2 cm³/mol. The Labute approximate surface area is 117 Å². The van der Waals surface area contributed by atoms with Gasteiger partial charge in [0.2, 0.25) is 0 Å². The van der Waals surface area contributed by atoms with E-state index in [1.807, 2.05) is 24.3 Å². The first-order valence-corrected chi connectivity index (χ1v) is 6.44. The molecule has 0 saturated carbocycles. The van der Waals surface area contributed by atoms with Crippen molar-refractivity contribution in [2.75, 3.05) is 13.7 Å². The standard InChI is InChI=1S/C14H18N2O4/c1-3-20-14(18)12-8-15-16(13(12)17)9-10-4-6-11(19-2)7-5-10/h4-8,12-13,17H,3,9H2,1-2H3. The summed E-state index contributed by atoms with van der Waals surface area (Å²) < 4.78 is 9.97. The summed E-state index contributed by atoms with van der Waals surface area (Å²) >= 11 is 0. The number of methoxy groups -OCH3 is 1. The van der Waals surface area contributed by atoms with Gasteiger partial charge in [-0.1, -0.05) is 12.1 Å². The minimum Gasteiger partial charge on any atom is -0.497 e. The van der Waals surface area contributed by atoms with Crippen molar-refractivity contribution in [2.45, 2.75) is 19.7 Å². The Morgan fingerprint density at radius 1 is 1.40 bits per heavy atom. The van der Waals surface area contributed by atoms with Gasteiger partial charge in [-0.05, 0) is 24.6 Å². The van der Waals surface area contributed by atoms with Crippen LogP contribution >= 0.6 is 0 Å². The first-order chi connectivity index (χ1) is 9.65. The lowest BCUT2D eigenvalue weighted by molar-refractivity contribution is -0.151. The third kappa shape index (κ3) is 3.08. The number of ether oxygens (including phenoxy) is 2. The van der Waals surface area contributed by atoms with Crippen LogP contribution in [0.3, 0.4) is 0 Å². The van der Waals surface area contributed by atoms with Crippen molar-refractivity contribution < 1.29 is 19.4 Å². The zero-order valence-corrected chi connectivity index (χ0v) is 11.5. The van der Waals surface area contributed by atoms with Crippen LogP contribution in [0.15, 0.2) is 29.4 Å². The quantitative estimate of drug-likeness (QED) is 0.813. The molecule has 0 fully saturated rings. The molecule has 1 aliphatic heterocycles. The molecule has 2 atom stereocenters. The molecule has 0 spiro atoms. The van der Waals surface area contributed by atoms with Crippen LogP contribution in [0.1, 0.15) is 12.5 Å². The van der Waals surface area contributed by atoms with E-state index in [1.54, 1.807) is 14.0 Å². The molecule has 1 aliphatic rings. The number of esters is 1. The molecule has 1 aromatic carbocycles. The van der Waals surface area contributed by atoms with E-state index in [2.05, 4.69) is 5.10 Å². The van der Waals surface area contributed by atoms with Gasteiger partial charge < -0.3 is 14.6 Å². The highest BCUT2D eigenvalue weighted by molar-refractivity contribution is 5.91. The van der Waals surface area contributed by atoms with Crippen LogP contribution in [-0.2, 0) is 16.1 Å². The minimum atomic E-state index is -0.990. The maximum Gasteiger partial charge on any atom is 0.319 e. The van der Waals surface area contributed by atoms with Crippen LogP contribution < -0.4 is 4.74 Å². The van der Waals surface area contributed by atoms with Crippen LogP contribution in [0.5, 0.6) is 5.75 Å². The number of hydrazone groups is 1. The average Bonchev–Trinajstić information content (AvgIpc) is 2.81. The summed E-state index contributed by atoms with van der Waals surface area (Å²) in [6.45, 7) is 2.43. The minimum absolute atomic E-state index is 0.286. The second kappa shape index (κ2) is 6.38. The van der Waals surface area contributed by atoms with Crippen LogP contribution in [0.4, 0.5) is 0 Å². The molecule has 0 aromatic heterocycles. The van der Waals surface area contributed by atoms with Crippen molar-refractivity contribution in [3.63, 3.8) is 0 Å². The van der Waals surface area contributed by atoms with Gasteiger partial charge in [0, 0.05) is 6.21 Å². The van der Waals surface area contributed by atoms with Crippen LogP contribution in [0, 0.1) is 5.92 Å². The van der Waals surface area contributed by atoms with Crippen molar-refractivity contribution in [2.24, 2.45) is 11.0 Å². The van der Waals surface area contributed by atoms with E-state index in [9.17, 15) is 9.90 Å². The molecule has 2 rings (SSSR count). The van der Waals surface area contributed by atoms with Gasteiger partial charge in [0.05, 0.1) is 20.3 Å². The molecule has 6 heteroatoms. The van der Waals surface area contributed by atoms with E-state index in [0.717, 1.165) is 11.3 Å². The molecular formula is C14H18N2O4. The summed E-state index contributed by atoms with van der Waals surface area (Å²) in [6, 6.07) is 7.45. The highest BCUT2D eigenvalue weighted by Gasteiger charge is 2.35. The zero-order chi connectivity index (χ0) is 14.5. The summed E-state index contributed by atoms with van der Waals surface area (Å²) in [6.07, 6.45) is 0.433. The number of hydrogen-bond acceptors (Lipinski definition) is 6. The first-order valence-electron chi connectivity index (χ1n) is 6.44. The van der Waals surface area contributed by atoms with Crippen LogP contribution in [0.25, 0.3) is 0 Å². The Bertz CT molecular complexity index is 486. The second-order valence-electron chi connectivity index (χ2n) is 4.40. The fourth-order valence-corrected chi connectivity index (χ4v) is 1.96. The molecule has 0 bridgehead atoms. The van der Waals surface area contributed by atoms with E-state index in [4.69, 9.17) is 9.47 Å². The normalized spacial score (nSPS) is 21.1. The van der Waals surface area contributed by atoms with Crippen molar-refractivity contribution in [3.05, 3.63) is 29.8 Å². The average molecular weight is 278 g/mol. The molecule has 1 aromatic rings. The lowest BCUT2D eigenvalue weighted by atomic mass is 10.1. The van der Waals surface area contributed by atoms with Crippen molar-refractivity contribution in [1.82, 2.24) is 5.01 Å². The van der Waals surface area contributed by atoms with Crippen LogP contribution in [-0.4, -0.2) is 42.2 Å². The number of carbonyl (C=O) groups excluding carboxylic acids is 1. The number of rotatable bonds is 5. The van der Waals surface area contributed by atoms with E-state index in [-0.39, 0.29) is 6.61 Å². The molecule has 2 unspecified atom stereocenters. The molecule has 0 saturated heterocycles. The lowest BCUT2D eigenvalue weighted by Gasteiger charge is -2.22. The summed E-state index contributed by atoms with van der Waals surface area (Å²) in [5, 5.41) is 15.6. The van der Waals surface area contributed by atoms with Gasteiger partial charge in [-0.25, -0.2) is 0 Å². The summed E-state index contributed by atoms with van der Waals surface area (Å²) in [4.78, 5) is 11.6. The molecule has 0 radical (unpaired) electrons. The van der Waals surface area contributed by atoms with Gasteiger partial charge in [0.1, 0.15) is 11.7 Å². The SMILES string of the molecule is CCOC(=O)C1C=NN(Cc2ccc(OC)cc2)C1O. The van der Waals surface area contributed by atoms with Crippen molar-refractivity contribution in [1.29, 1.82) is 0 Å². The highest BCUT2D eigenvalue weighted by atomic mass is 16.5. The van der Waals surface area contributed by atoms with Gasteiger partial charge >= 0.3 is 5.97 Å². The van der Waals surface area contributed by atoms with Crippen molar-refractivity contribution >= 4 is 12.2 Å². The van der Waals surface area contributed by atoms with Gasteiger partial charge in [0.25, 0.3) is 0 Å². The maximum absolute atomic E-state index is 11.6. The number of aliphatic hydroxyl groups is 1. The molecule has 20 heavy (non-hydrogen) atoms. The van der Waals surface area contributed by atoms with Gasteiger partial charge in [0.15, 0.2) is 6.23 Å². The molecule has 0 amide bonds. The number of aliphatic hydroxyl groups excluding tert-OH is 1. The largest absolute Gasteiger partial charge is 0.497 e. The Balaban J connectivity index is 1.97.